The quantitative estimate of drug-likeness (QED) is 0.781. The topological polar surface area (TPSA) is 84.9 Å². The Morgan fingerprint density at radius 1 is 1.13 bits per heavy atom. The average molecular weight is 439 g/mol. The molecule has 1 amide bonds. The van der Waals surface area contributed by atoms with Crippen LogP contribution in [0.25, 0.3) is 0 Å². The molecule has 1 aromatic carbocycles. The molecule has 30 heavy (non-hydrogen) atoms. The molecule has 0 aromatic heterocycles. The van der Waals surface area contributed by atoms with Gasteiger partial charge in [-0.25, -0.2) is 13.1 Å². The first-order chi connectivity index (χ1) is 14.3. The summed E-state index contributed by atoms with van der Waals surface area (Å²) in [5.74, 6) is 1.12. The van der Waals surface area contributed by atoms with E-state index in [-0.39, 0.29) is 24.7 Å². The minimum Gasteiger partial charge on any atom is -0.480 e. The largest absolute Gasteiger partial charge is 0.480 e. The molecule has 2 aliphatic heterocycles. The van der Waals surface area contributed by atoms with Crippen molar-refractivity contribution in [2.45, 2.75) is 69.7 Å². The molecular formula is C22H34N2O5S. The van der Waals surface area contributed by atoms with Crippen LogP contribution >= 0.6 is 0 Å². The van der Waals surface area contributed by atoms with Gasteiger partial charge in [0, 0.05) is 20.1 Å². The normalized spacial score (nSPS) is 28.5. The number of ether oxygens (including phenoxy) is 2. The van der Waals surface area contributed by atoms with Crippen LogP contribution in [0.3, 0.4) is 0 Å². The molecule has 2 heterocycles. The van der Waals surface area contributed by atoms with Gasteiger partial charge < -0.3 is 14.4 Å². The molecule has 4 rings (SSSR count). The Morgan fingerprint density at radius 2 is 1.83 bits per heavy atom. The van der Waals surface area contributed by atoms with Gasteiger partial charge in [-0.2, -0.15) is 0 Å². The van der Waals surface area contributed by atoms with E-state index in [2.05, 4.69) is 10.8 Å². The zero-order valence-electron chi connectivity index (χ0n) is 18.2. The highest BCUT2D eigenvalue weighted by Crippen LogP contribution is 2.39. The van der Waals surface area contributed by atoms with Crippen molar-refractivity contribution in [1.82, 2.24) is 9.62 Å². The summed E-state index contributed by atoms with van der Waals surface area (Å²) in [6, 6.07) is 8.05. The summed E-state index contributed by atoms with van der Waals surface area (Å²) in [5.41, 5.74) is 1.16. The predicted octanol–water partition coefficient (Wildman–Crippen LogP) is 2.67. The number of rotatable bonds is 4. The predicted molar refractivity (Wildman–Crippen MR) is 116 cm³/mol. The molecule has 0 saturated heterocycles. The number of likely N-dealkylation sites (N-methyl/N-ethyl adjacent to an activating group) is 1. The number of para-hydroxylation sites is 1. The molecule has 1 N–H and O–H groups in total. The number of nitrogens with zero attached hydrogens (tertiary/aromatic N) is 1. The number of hydrogen-bond acceptors (Lipinski definition) is 5. The second-order valence-corrected chi connectivity index (χ2v) is 10.3. The van der Waals surface area contributed by atoms with Crippen LogP contribution in [-0.4, -0.2) is 63.9 Å². The first-order valence-electron chi connectivity index (χ1n) is 10.9. The fraction of sp³-hybridized carbons (Fsp3) is 0.682. The van der Waals surface area contributed by atoms with E-state index in [0.29, 0.717) is 25.3 Å². The summed E-state index contributed by atoms with van der Waals surface area (Å²) in [6.45, 7) is 2.65. The van der Waals surface area contributed by atoms with E-state index in [9.17, 15) is 13.2 Å². The average Bonchev–Trinajstić information content (AvgIpc) is 2.73. The molecule has 1 saturated carbocycles. The van der Waals surface area contributed by atoms with E-state index in [4.69, 9.17) is 9.47 Å². The maximum absolute atomic E-state index is 13.0. The Balaban J connectivity index is 1.83. The van der Waals surface area contributed by atoms with Crippen molar-refractivity contribution >= 4 is 15.9 Å². The van der Waals surface area contributed by atoms with Crippen molar-refractivity contribution in [2.24, 2.45) is 0 Å². The molecule has 0 spiro atoms. The smallest absolute Gasteiger partial charge is 0.263 e. The fourth-order valence-electron chi connectivity index (χ4n) is 4.33. The number of nitrogens with one attached hydrogen (secondary N) is 1. The SMILES string of the molecule is CCC1Oc2ccccc2C2CCC(CC2)OC(CNS(C)(=O)=O)CCN(C)C1=O. The fourth-order valence-corrected chi connectivity index (χ4v) is 4.81. The first-order valence-corrected chi connectivity index (χ1v) is 12.8. The molecule has 8 heteroatoms. The van der Waals surface area contributed by atoms with Crippen molar-refractivity contribution in [3.63, 3.8) is 0 Å². The van der Waals surface area contributed by atoms with Gasteiger partial charge in [-0.15, -0.1) is 0 Å². The van der Waals surface area contributed by atoms with E-state index in [1.54, 1.807) is 11.9 Å². The van der Waals surface area contributed by atoms with Crippen LogP contribution in [0.15, 0.2) is 24.3 Å². The third kappa shape index (κ3) is 6.18. The van der Waals surface area contributed by atoms with Crippen LogP contribution in [0.4, 0.5) is 0 Å². The Bertz CT molecular complexity index is 821. The van der Waals surface area contributed by atoms with Crippen LogP contribution in [0.2, 0.25) is 0 Å². The Kier molecular flexibility index (Phi) is 7.76. The van der Waals surface area contributed by atoms with Crippen molar-refractivity contribution in [3.05, 3.63) is 29.8 Å². The van der Waals surface area contributed by atoms with Crippen LogP contribution in [0.5, 0.6) is 5.75 Å². The van der Waals surface area contributed by atoms with Crippen molar-refractivity contribution in [1.29, 1.82) is 0 Å². The summed E-state index contributed by atoms with van der Waals surface area (Å²) in [6.07, 6.45) is 5.43. The third-order valence-corrected chi connectivity index (χ3v) is 6.76. The highest BCUT2D eigenvalue weighted by atomic mass is 32.2. The minimum absolute atomic E-state index is 0.0654. The summed E-state index contributed by atoms with van der Waals surface area (Å²) in [5, 5.41) is 0. The minimum atomic E-state index is -3.30. The van der Waals surface area contributed by atoms with Crippen LogP contribution < -0.4 is 9.46 Å². The molecule has 2 unspecified atom stereocenters. The molecular weight excluding hydrogens is 404 g/mol. The molecule has 2 bridgehead atoms. The number of fused-ring (bicyclic) bond motifs is 9. The second-order valence-electron chi connectivity index (χ2n) is 8.45. The van der Waals surface area contributed by atoms with Crippen LogP contribution in [-0.2, 0) is 19.6 Å². The standard InChI is InChI=1S/C22H34N2O5S/c1-4-20-22(25)24(2)14-13-18(15-23-30(3,26)27)28-17-11-9-16(10-12-17)19-7-5-6-8-21(19)29-20/h5-8,16-18,20,23H,4,9-15H2,1-3H3. The Labute approximate surface area is 180 Å². The maximum atomic E-state index is 13.0. The number of hydrogen-bond donors (Lipinski definition) is 1. The molecule has 168 valence electrons. The van der Waals surface area contributed by atoms with E-state index in [1.165, 1.54) is 0 Å². The van der Waals surface area contributed by atoms with Gasteiger partial charge in [0.05, 0.1) is 18.5 Å². The van der Waals surface area contributed by atoms with Gasteiger partial charge in [-0.1, -0.05) is 25.1 Å². The molecule has 1 aliphatic carbocycles. The lowest BCUT2D eigenvalue weighted by molar-refractivity contribution is -0.138. The monoisotopic (exact) mass is 438 g/mol. The molecule has 1 fully saturated rings. The Morgan fingerprint density at radius 3 is 2.50 bits per heavy atom. The van der Waals surface area contributed by atoms with Gasteiger partial charge in [-0.3, -0.25) is 4.79 Å². The van der Waals surface area contributed by atoms with E-state index >= 15 is 0 Å². The second kappa shape index (κ2) is 10.1. The van der Waals surface area contributed by atoms with Crippen molar-refractivity contribution in [2.75, 3.05) is 26.4 Å². The van der Waals surface area contributed by atoms with E-state index in [0.717, 1.165) is 43.3 Å². The summed E-state index contributed by atoms with van der Waals surface area (Å²) < 4.78 is 38.2. The van der Waals surface area contributed by atoms with Gasteiger partial charge in [0.2, 0.25) is 10.0 Å². The molecule has 1 aromatic rings. The van der Waals surface area contributed by atoms with Crippen molar-refractivity contribution in [3.8, 4) is 5.75 Å². The zero-order chi connectivity index (χ0) is 21.7. The first kappa shape index (κ1) is 23.0. The lowest BCUT2D eigenvalue weighted by Gasteiger charge is -2.34. The summed E-state index contributed by atoms with van der Waals surface area (Å²) in [7, 11) is -1.54. The van der Waals surface area contributed by atoms with Crippen LogP contribution in [0.1, 0.15) is 56.9 Å². The molecule has 0 radical (unpaired) electrons. The zero-order valence-corrected chi connectivity index (χ0v) is 19.0. The maximum Gasteiger partial charge on any atom is 0.263 e. The number of carbonyl (C=O) groups excluding carboxylic acids is 1. The highest BCUT2D eigenvalue weighted by molar-refractivity contribution is 7.88. The lowest BCUT2D eigenvalue weighted by Crippen LogP contribution is -2.43. The third-order valence-electron chi connectivity index (χ3n) is 6.07. The number of sulfonamides is 1. The summed E-state index contributed by atoms with van der Waals surface area (Å²) >= 11 is 0. The van der Waals surface area contributed by atoms with Gasteiger partial charge in [0.15, 0.2) is 6.10 Å². The van der Waals surface area contributed by atoms with Crippen molar-refractivity contribution < 1.29 is 22.7 Å². The van der Waals surface area contributed by atoms with Gasteiger partial charge in [0.1, 0.15) is 5.75 Å². The lowest BCUT2D eigenvalue weighted by atomic mass is 9.82. The van der Waals surface area contributed by atoms with Gasteiger partial charge in [0.25, 0.3) is 5.91 Å². The molecule has 3 aliphatic rings. The molecule has 7 nitrogen and oxygen atoms in total. The van der Waals surface area contributed by atoms with Crippen LogP contribution in [0, 0.1) is 0 Å². The highest BCUT2D eigenvalue weighted by Gasteiger charge is 2.30. The van der Waals surface area contributed by atoms with E-state index < -0.39 is 16.1 Å². The number of amides is 1. The Hall–Kier alpha value is -1.64. The van der Waals surface area contributed by atoms with Gasteiger partial charge in [-0.05, 0) is 56.1 Å². The number of carbonyl (C=O) groups is 1. The van der Waals surface area contributed by atoms with E-state index in [1.807, 2.05) is 25.1 Å². The summed E-state index contributed by atoms with van der Waals surface area (Å²) in [4.78, 5) is 14.7. The van der Waals surface area contributed by atoms with Gasteiger partial charge >= 0.3 is 0 Å². The molecule has 2 atom stereocenters. The number of benzene rings is 1.